The number of anilines is 4. The monoisotopic (exact) mass is 651 g/mol. The Labute approximate surface area is 280 Å². The third kappa shape index (κ3) is 8.77. The highest BCUT2D eigenvalue weighted by atomic mass is 16.5. The molecule has 0 aliphatic carbocycles. The molecular weight excluding hydrogens is 610 g/mol. The number of nitrogens with two attached hydrogens (primary N) is 1. The van der Waals surface area contributed by atoms with E-state index in [2.05, 4.69) is 0 Å². The number of urea groups is 1. The summed E-state index contributed by atoms with van der Waals surface area (Å²) in [6.07, 6.45) is -0.748. The molecule has 48 heavy (non-hydrogen) atoms. The molecule has 0 radical (unpaired) electrons. The maximum Gasteiger partial charge on any atom is 0.329 e. The molecule has 0 saturated heterocycles. The quantitative estimate of drug-likeness (QED) is 0.222. The molecule has 4 rings (SSSR count). The lowest BCUT2D eigenvalue weighted by Gasteiger charge is -2.32. The summed E-state index contributed by atoms with van der Waals surface area (Å²) in [4.78, 5) is 59.4. The number of aliphatic hydroxyl groups excluding tert-OH is 1. The van der Waals surface area contributed by atoms with E-state index < -0.39 is 49.6 Å². The predicted molar refractivity (Wildman–Crippen MR) is 187 cm³/mol. The Kier molecular flexibility index (Phi) is 11.5. The number of para-hydroxylation sites is 3. The number of likely N-dealkylation sites (N-methyl/N-ethyl adjacent to an activating group) is 1. The minimum absolute atomic E-state index is 0.163. The molecule has 4 aromatic rings. The SMILES string of the molecule is Cc1cc(C)cc(N(CC(=O)N(CC(=O)N(C)c2ccccc2)c2ccccc2OCC(N)=O)C(=O)N(C)c2cccc(C(C)O)c2)c1. The lowest BCUT2D eigenvalue weighted by molar-refractivity contribution is -0.121. The predicted octanol–water partition coefficient (Wildman–Crippen LogP) is 4.98. The van der Waals surface area contributed by atoms with Gasteiger partial charge in [-0.1, -0.05) is 48.5 Å². The van der Waals surface area contributed by atoms with Gasteiger partial charge in [0.15, 0.2) is 6.61 Å². The van der Waals surface area contributed by atoms with Crippen molar-refractivity contribution in [3.8, 4) is 5.75 Å². The third-order valence-electron chi connectivity index (χ3n) is 7.71. The maximum atomic E-state index is 14.5. The average molecular weight is 652 g/mol. The first-order chi connectivity index (χ1) is 22.8. The van der Waals surface area contributed by atoms with E-state index in [1.807, 2.05) is 26.0 Å². The Hall–Kier alpha value is -5.68. The van der Waals surface area contributed by atoms with Crippen LogP contribution in [-0.4, -0.2) is 62.7 Å². The second-order valence-electron chi connectivity index (χ2n) is 11.5. The van der Waals surface area contributed by atoms with Crippen molar-refractivity contribution < 1.29 is 29.0 Å². The van der Waals surface area contributed by atoms with E-state index in [0.29, 0.717) is 22.6 Å². The molecule has 0 heterocycles. The number of hydrogen-bond donors (Lipinski definition) is 2. The van der Waals surface area contributed by atoms with Gasteiger partial charge in [0.25, 0.3) is 5.91 Å². The summed E-state index contributed by atoms with van der Waals surface area (Å²) in [6, 6.07) is 27.5. The van der Waals surface area contributed by atoms with Gasteiger partial charge in [0.05, 0.1) is 11.8 Å². The van der Waals surface area contributed by atoms with Crippen molar-refractivity contribution in [2.24, 2.45) is 5.73 Å². The topological polar surface area (TPSA) is 137 Å². The summed E-state index contributed by atoms with van der Waals surface area (Å²) in [6.45, 7) is 4.13. The lowest BCUT2D eigenvalue weighted by Crippen LogP contribution is -2.50. The van der Waals surface area contributed by atoms with E-state index in [1.54, 1.807) is 106 Å². The van der Waals surface area contributed by atoms with Gasteiger partial charge in [0.1, 0.15) is 18.8 Å². The van der Waals surface area contributed by atoms with Gasteiger partial charge in [-0.2, -0.15) is 0 Å². The number of benzene rings is 4. The van der Waals surface area contributed by atoms with Crippen LogP contribution >= 0.6 is 0 Å². The molecule has 0 saturated carbocycles. The second-order valence-corrected chi connectivity index (χ2v) is 11.5. The molecule has 0 fully saturated rings. The molecule has 11 heteroatoms. The summed E-state index contributed by atoms with van der Waals surface area (Å²) in [5, 5.41) is 10.1. The zero-order valence-corrected chi connectivity index (χ0v) is 27.8. The summed E-state index contributed by atoms with van der Waals surface area (Å²) in [5.41, 5.74) is 9.58. The first-order valence-electron chi connectivity index (χ1n) is 15.4. The first kappa shape index (κ1) is 35.2. The number of carbonyl (C=O) groups excluding carboxylic acids is 4. The van der Waals surface area contributed by atoms with Gasteiger partial charge in [-0.25, -0.2) is 4.79 Å². The molecule has 5 amide bonds. The summed E-state index contributed by atoms with van der Waals surface area (Å²) < 4.78 is 5.65. The Morgan fingerprint density at radius 3 is 1.96 bits per heavy atom. The number of nitrogens with zero attached hydrogens (tertiary/aromatic N) is 4. The van der Waals surface area contributed by atoms with Crippen molar-refractivity contribution in [2.75, 3.05) is 53.4 Å². The van der Waals surface area contributed by atoms with E-state index >= 15 is 0 Å². The van der Waals surface area contributed by atoms with Crippen LogP contribution in [0.1, 0.15) is 29.7 Å². The number of carbonyl (C=O) groups is 4. The van der Waals surface area contributed by atoms with Crippen LogP contribution in [0.4, 0.5) is 27.5 Å². The van der Waals surface area contributed by atoms with Crippen molar-refractivity contribution >= 4 is 46.5 Å². The standard InChI is InChI=1S/C37H41N5O6/c1-25-18-26(2)20-31(19-25)41(37(47)40(5)30-15-11-12-28(21-30)27(3)43)23-36(46)42(22-35(45)39(4)29-13-7-6-8-14-29)32-16-9-10-17-33(32)48-24-34(38)44/h6-21,27,43H,22-24H2,1-5H3,(H2,38,44). The third-order valence-corrected chi connectivity index (χ3v) is 7.71. The van der Waals surface area contributed by atoms with Crippen LogP contribution in [0.25, 0.3) is 0 Å². The van der Waals surface area contributed by atoms with Crippen LogP contribution in [0.3, 0.4) is 0 Å². The smallest absolute Gasteiger partial charge is 0.329 e. The molecule has 250 valence electrons. The fourth-order valence-electron chi connectivity index (χ4n) is 5.18. The summed E-state index contributed by atoms with van der Waals surface area (Å²) in [7, 11) is 3.20. The van der Waals surface area contributed by atoms with E-state index in [4.69, 9.17) is 10.5 Å². The molecule has 0 aliphatic rings. The Morgan fingerprint density at radius 1 is 0.708 bits per heavy atom. The van der Waals surface area contributed by atoms with E-state index in [0.717, 1.165) is 11.1 Å². The zero-order valence-electron chi connectivity index (χ0n) is 27.8. The molecular formula is C37H41N5O6. The molecule has 0 spiro atoms. The van der Waals surface area contributed by atoms with Gasteiger partial charge in [-0.3, -0.25) is 29.1 Å². The molecule has 0 aliphatic heterocycles. The molecule has 0 aromatic heterocycles. The van der Waals surface area contributed by atoms with Gasteiger partial charge < -0.3 is 20.5 Å². The number of primary amides is 1. The van der Waals surface area contributed by atoms with Gasteiger partial charge in [0, 0.05) is 31.2 Å². The highest BCUT2D eigenvalue weighted by Crippen LogP contribution is 2.30. The highest BCUT2D eigenvalue weighted by Gasteiger charge is 2.30. The van der Waals surface area contributed by atoms with Crippen molar-refractivity contribution in [3.63, 3.8) is 0 Å². The summed E-state index contributed by atoms with van der Waals surface area (Å²) in [5.74, 6) is -1.54. The normalized spacial score (nSPS) is 11.3. The molecule has 1 atom stereocenters. The Morgan fingerprint density at radius 2 is 1.31 bits per heavy atom. The number of aryl methyl sites for hydroxylation is 2. The van der Waals surface area contributed by atoms with Crippen molar-refractivity contribution in [2.45, 2.75) is 26.9 Å². The van der Waals surface area contributed by atoms with E-state index in [9.17, 15) is 24.3 Å². The number of aliphatic hydroxyl groups is 1. The fraction of sp³-hybridized carbons (Fsp3) is 0.243. The van der Waals surface area contributed by atoms with Crippen LogP contribution in [0, 0.1) is 13.8 Å². The van der Waals surface area contributed by atoms with Gasteiger partial charge >= 0.3 is 6.03 Å². The minimum Gasteiger partial charge on any atom is -0.482 e. The molecule has 1 unspecified atom stereocenters. The largest absolute Gasteiger partial charge is 0.482 e. The van der Waals surface area contributed by atoms with Crippen LogP contribution in [0.5, 0.6) is 5.75 Å². The second kappa shape index (κ2) is 15.7. The van der Waals surface area contributed by atoms with Crippen molar-refractivity contribution in [1.29, 1.82) is 0 Å². The Balaban J connectivity index is 1.76. The fourth-order valence-corrected chi connectivity index (χ4v) is 5.18. The van der Waals surface area contributed by atoms with E-state index in [1.165, 1.54) is 19.6 Å². The maximum absolute atomic E-state index is 14.5. The van der Waals surface area contributed by atoms with Crippen LogP contribution < -0.4 is 30.1 Å². The number of amides is 5. The number of ether oxygens (including phenoxy) is 1. The molecule has 0 bridgehead atoms. The van der Waals surface area contributed by atoms with Crippen LogP contribution in [0.15, 0.2) is 97.1 Å². The van der Waals surface area contributed by atoms with Gasteiger partial charge in [-0.15, -0.1) is 0 Å². The summed E-state index contributed by atoms with van der Waals surface area (Å²) >= 11 is 0. The van der Waals surface area contributed by atoms with Crippen LogP contribution in [-0.2, 0) is 14.4 Å². The first-order valence-corrected chi connectivity index (χ1v) is 15.4. The molecule has 3 N–H and O–H groups in total. The van der Waals surface area contributed by atoms with Gasteiger partial charge in [0.2, 0.25) is 11.8 Å². The molecule has 11 nitrogen and oxygen atoms in total. The average Bonchev–Trinajstić information content (AvgIpc) is 3.07. The van der Waals surface area contributed by atoms with E-state index in [-0.39, 0.29) is 11.4 Å². The number of hydrogen-bond acceptors (Lipinski definition) is 6. The highest BCUT2D eigenvalue weighted by molar-refractivity contribution is 6.11. The van der Waals surface area contributed by atoms with Crippen molar-refractivity contribution in [1.82, 2.24) is 0 Å². The van der Waals surface area contributed by atoms with Gasteiger partial charge in [-0.05, 0) is 86.0 Å². The lowest BCUT2D eigenvalue weighted by atomic mass is 10.1. The van der Waals surface area contributed by atoms with Crippen LogP contribution in [0.2, 0.25) is 0 Å². The number of rotatable bonds is 12. The Bertz CT molecular complexity index is 1760. The van der Waals surface area contributed by atoms with Crippen molar-refractivity contribution in [3.05, 3.63) is 114 Å². The zero-order chi connectivity index (χ0) is 35.0. The minimum atomic E-state index is -0.748. The molecule has 4 aromatic carbocycles.